The first-order valence-corrected chi connectivity index (χ1v) is 4.24. The molecule has 0 unspecified atom stereocenters. The van der Waals surface area contributed by atoms with Crippen LogP contribution in [0.1, 0.15) is 6.92 Å². The van der Waals surface area contributed by atoms with Crippen molar-refractivity contribution in [2.45, 2.75) is 6.92 Å². The van der Waals surface area contributed by atoms with Crippen LogP contribution in [0.25, 0.3) is 0 Å². The van der Waals surface area contributed by atoms with Crippen LogP contribution in [0.2, 0.25) is 0 Å². The predicted octanol–water partition coefficient (Wildman–Crippen LogP) is -0.0720. The first-order chi connectivity index (χ1) is 7.40. The summed E-state index contributed by atoms with van der Waals surface area (Å²) in [6.45, 7) is 1.19. The number of carbonyl (C=O) groups excluding carboxylic acids is 1. The van der Waals surface area contributed by atoms with Crippen molar-refractivity contribution < 1.29 is 19.7 Å². The van der Waals surface area contributed by atoms with Gasteiger partial charge in [-0.3, -0.25) is 4.79 Å². The number of carbonyl (C=O) groups is 1. The van der Waals surface area contributed by atoms with Crippen molar-refractivity contribution in [2.24, 2.45) is 16.5 Å². The molecule has 7 nitrogen and oxygen atoms in total. The zero-order valence-electron chi connectivity index (χ0n) is 8.47. The van der Waals surface area contributed by atoms with Gasteiger partial charge in [-0.2, -0.15) is 0 Å². The predicted molar refractivity (Wildman–Crippen MR) is 56.6 cm³/mol. The summed E-state index contributed by atoms with van der Waals surface area (Å²) in [7, 11) is 0. The summed E-state index contributed by atoms with van der Waals surface area (Å²) in [5, 5.41) is 18.9. The quantitative estimate of drug-likeness (QED) is 0.241. The van der Waals surface area contributed by atoms with Gasteiger partial charge < -0.3 is 26.4 Å². The number of aromatic hydroxyl groups is 2. The molecule has 86 valence electrons. The topological polar surface area (TPSA) is 131 Å². The third-order valence-electron chi connectivity index (χ3n) is 1.55. The maximum Gasteiger partial charge on any atom is 0.308 e. The first kappa shape index (κ1) is 11.6. The van der Waals surface area contributed by atoms with E-state index in [4.69, 9.17) is 11.5 Å². The van der Waals surface area contributed by atoms with Crippen molar-refractivity contribution in [1.82, 2.24) is 0 Å². The molecule has 0 aliphatic heterocycles. The standard InChI is InChI=1S/C9H11N3O4/c1-4(13)16-5-2-6(14)8(7(15)3-5)12-9(10)11/h2-3,14-15H,1H3,(H4,10,11,12). The Labute approximate surface area is 91.0 Å². The molecule has 0 bridgehead atoms. The third-order valence-corrected chi connectivity index (χ3v) is 1.55. The van der Waals surface area contributed by atoms with Gasteiger partial charge in [-0.05, 0) is 0 Å². The van der Waals surface area contributed by atoms with E-state index in [9.17, 15) is 15.0 Å². The van der Waals surface area contributed by atoms with Crippen LogP contribution in [0.4, 0.5) is 5.69 Å². The lowest BCUT2D eigenvalue weighted by Gasteiger charge is -2.06. The number of hydrogen-bond acceptors (Lipinski definition) is 5. The monoisotopic (exact) mass is 225 g/mol. The second kappa shape index (κ2) is 4.39. The number of nitrogens with two attached hydrogens (primary N) is 2. The molecule has 0 spiro atoms. The maximum absolute atomic E-state index is 10.6. The summed E-state index contributed by atoms with van der Waals surface area (Å²) in [6.07, 6.45) is 0. The summed E-state index contributed by atoms with van der Waals surface area (Å²) < 4.78 is 4.67. The number of ether oxygens (including phenoxy) is 1. The first-order valence-electron chi connectivity index (χ1n) is 4.24. The molecule has 0 amide bonds. The molecule has 1 rings (SSSR count). The van der Waals surface area contributed by atoms with Crippen molar-refractivity contribution in [3.8, 4) is 17.2 Å². The van der Waals surface area contributed by atoms with E-state index in [0.717, 1.165) is 12.1 Å². The Morgan fingerprint density at radius 3 is 2.19 bits per heavy atom. The summed E-state index contributed by atoms with van der Waals surface area (Å²) in [5.74, 6) is -1.69. The second-order valence-corrected chi connectivity index (χ2v) is 2.94. The molecule has 1 aromatic rings. The van der Waals surface area contributed by atoms with Crippen molar-refractivity contribution in [3.05, 3.63) is 12.1 Å². The molecule has 0 saturated heterocycles. The van der Waals surface area contributed by atoms with Gasteiger partial charge in [0.2, 0.25) is 0 Å². The number of phenolic OH excluding ortho intramolecular Hbond substituents is 2. The molecule has 0 atom stereocenters. The average Bonchev–Trinajstić information content (AvgIpc) is 2.10. The Hall–Kier alpha value is -2.44. The molecular formula is C9H11N3O4. The fraction of sp³-hybridized carbons (Fsp3) is 0.111. The molecule has 0 aliphatic rings. The van der Waals surface area contributed by atoms with E-state index >= 15 is 0 Å². The van der Waals surface area contributed by atoms with Crippen LogP contribution in [-0.4, -0.2) is 22.1 Å². The van der Waals surface area contributed by atoms with Gasteiger partial charge in [-0.15, -0.1) is 0 Å². The smallest absolute Gasteiger partial charge is 0.308 e. The normalized spacial score (nSPS) is 9.56. The Bertz CT molecular complexity index is 429. The van der Waals surface area contributed by atoms with Crippen LogP contribution in [-0.2, 0) is 4.79 Å². The highest BCUT2D eigenvalue weighted by Crippen LogP contribution is 2.39. The molecule has 0 aromatic heterocycles. The Morgan fingerprint density at radius 1 is 1.31 bits per heavy atom. The minimum absolute atomic E-state index is 0.00274. The fourth-order valence-corrected chi connectivity index (χ4v) is 1.05. The lowest BCUT2D eigenvalue weighted by Crippen LogP contribution is -2.21. The van der Waals surface area contributed by atoms with E-state index in [0.29, 0.717) is 0 Å². The Morgan fingerprint density at radius 2 is 1.81 bits per heavy atom. The van der Waals surface area contributed by atoms with Crippen molar-refractivity contribution in [1.29, 1.82) is 0 Å². The molecule has 0 fully saturated rings. The van der Waals surface area contributed by atoms with Crippen LogP contribution in [0, 0.1) is 0 Å². The number of phenols is 2. The summed E-state index contributed by atoms with van der Waals surface area (Å²) >= 11 is 0. The van der Waals surface area contributed by atoms with Crippen molar-refractivity contribution >= 4 is 17.6 Å². The Kier molecular flexibility index (Phi) is 3.19. The highest BCUT2D eigenvalue weighted by Gasteiger charge is 2.11. The highest BCUT2D eigenvalue weighted by molar-refractivity contribution is 5.82. The zero-order chi connectivity index (χ0) is 12.3. The van der Waals surface area contributed by atoms with E-state index in [1.807, 2.05) is 0 Å². The minimum atomic E-state index is -0.576. The lowest BCUT2D eigenvalue weighted by atomic mass is 10.2. The number of aliphatic imine (C=N–C) groups is 1. The average molecular weight is 225 g/mol. The SMILES string of the molecule is CC(=O)Oc1cc(O)c(N=C(N)N)c(O)c1. The summed E-state index contributed by atoms with van der Waals surface area (Å²) in [5.41, 5.74) is 10.0. The lowest BCUT2D eigenvalue weighted by molar-refractivity contribution is -0.131. The van der Waals surface area contributed by atoms with Crippen LogP contribution in [0.15, 0.2) is 17.1 Å². The van der Waals surface area contributed by atoms with E-state index in [1.165, 1.54) is 6.92 Å². The van der Waals surface area contributed by atoms with Gasteiger partial charge in [-0.25, -0.2) is 4.99 Å². The van der Waals surface area contributed by atoms with E-state index < -0.39 is 17.5 Å². The number of rotatable bonds is 2. The number of esters is 1. The molecule has 0 radical (unpaired) electrons. The molecule has 0 saturated carbocycles. The van der Waals surface area contributed by atoms with Gasteiger partial charge in [-0.1, -0.05) is 0 Å². The van der Waals surface area contributed by atoms with E-state index in [1.54, 1.807) is 0 Å². The molecule has 16 heavy (non-hydrogen) atoms. The van der Waals surface area contributed by atoms with Gasteiger partial charge in [0.05, 0.1) is 0 Å². The molecule has 1 aromatic carbocycles. The zero-order valence-corrected chi connectivity index (χ0v) is 8.47. The van der Waals surface area contributed by atoms with Gasteiger partial charge in [0.1, 0.15) is 17.2 Å². The number of hydrogen-bond donors (Lipinski definition) is 4. The molecule has 0 heterocycles. The van der Waals surface area contributed by atoms with Crippen LogP contribution in [0.3, 0.4) is 0 Å². The fourth-order valence-electron chi connectivity index (χ4n) is 1.05. The maximum atomic E-state index is 10.6. The van der Waals surface area contributed by atoms with Crippen molar-refractivity contribution in [2.75, 3.05) is 0 Å². The second-order valence-electron chi connectivity index (χ2n) is 2.94. The van der Waals surface area contributed by atoms with Gasteiger partial charge >= 0.3 is 5.97 Å². The number of guanidine groups is 1. The van der Waals surface area contributed by atoms with Crippen LogP contribution < -0.4 is 16.2 Å². The summed E-state index contributed by atoms with van der Waals surface area (Å²) in [6, 6.07) is 2.23. The van der Waals surface area contributed by atoms with Gasteiger partial charge in [0, 0.05) is 19.1 Å². The molecule has 0 aliphatic carbocycles. The van der Waals surface area contributed by atoms with Crippen LogP contribution in [0.5, 0.6) is 17.2 Å². The van der Waals surface area contributed by atoms with Crippen LogP contribution >= 0.6 is 0 Å². The number of benzene rings is 1. The summed E-state index contributed by atoms with van der Waals surface area (Å²) in [4.78, 5) is 14.2. The minimum Gasteiger partial charge on any atom is -0.505 e. The largest absolute Gasteiger partial charge is 0.505 e. The number of nitrogens with zero attached hydrogens (tertiary/aromatic N) is 1. The third kappa shape index (κ3) is 2.77. The Balaban J connectivity index is 3.17. The van der Waals surface area contributed by atoms with E-state index in [-0.39, 0.29) is 17.4 Å². The highest BCUT2D eigenvalue weighted by atomic mass is 16.5. The van der Waals surface area contributed by atoms with Gasteiger partial charge in [0.15, 0.2) is 11.6 Å². The molecule has 7 heteroatoms. The molecular weight excluding hydrogens is 214 g/mol. The van der Waals surface area contributed by atoms with Crippen molar-refractivity contribution in [3.63, 3.8) is 0 Å². The van der Waals surface area contributed by atoms with E-state index in [2.05, 4.69) is 9.73 Å². The molecule has 6 N–H and O–H groups in total. The van der Waals surface area contributed by atoms with Gasteiger partial charge in [0.25, 0.3) is 0 Å².